The molecule has 13 nitrogen and oxygen atoms in total. The van der Waals surface area contributed by atoms with Gasteiger partial charge in [0.15, 0.2) is 6.10 Å². The number of benzene rings is 1. The molecule has 1 aromatic carbocycles. The number of aromatic nitrogens is 1. The summed E-state index contributed by atoms with van der Waals surface area (Å²) in [7, 11) is 0. The van der Waals surface area contributed by atoms with Crippen LogP contribution in [0.15, 0.2) is 34.9 Å². The topological polar surface area (TPSA) is 200 Å². The molecular formula is C24H26BrClN4O9. The van der Waals surface area contributed by atoms with E-state index < -0.39 is 42.6 Å². The van der Waals surface area contributed by atoms with Crippen molar-refractivity contribution in [3.63, 3.8) is 0 Å². The van der Waals surface area contributed by atoms with Gasteiger partial charge in [-0.25, -0.2) is 9.78 Å². The summed E-state index contributed by atoms with van der Waals surface area (Å²) < 4.78 is 11.3. The molecule has 0 bridgehead atoms. The first-order valence-electron chi connectivity index (χ1n) is 11.9. The zero-order chi connectivity index (χ0) is 28.3. The maximum atomic E-state index is 13.3. The summed E-state index contributed by atoms with van der Waals surface area (Å²) in [6.45, 7) is 1.27. The standard InChI is InChI=1S/C24H26BrClN4O9/c25-11-7-13(22(35)29-15-2-1-12(26)9-28-15)16(30-21(34)10-3-5-27-6-4-10)14(8-11)38-24-19(33)17(31)18(32)20(39-24)23(36)37/h1-2,7-10,17-20,24,27,31-33H,3-6H2,(H,30,34)(H,36,37)(H,28,29,35)/t17-,18-,19+,20-,24+/m0/s1. The highest BCUT2D eigenvalue weighted by Crippen LogP contribution is 2.36. The predicted octanol–water partition coefficient (Wildman–Crippen LogP) is 0.959. The van der Waals surface area contributed by atoms with Crippen LogP contribution in [0, 0.1) is 5.92 Å². The molecule has 210 valence electrons. The van der Waals surface area contributed by atoms with Crippen molar-refractivity contribution in [3.05, 3.63) is 45.5 Å². The Hall–Kier alpha value is -2.85. The molecular weight excluding hydrogens is 604 g/mol. The van der Waals surface area contributed by atoms with Gasteiger partial charge in [0.1, 0.15) is 29.9 Å². The highest BCUT2D eigenvalue weighted by molar-refractivity contribution is 9.10. The Kier molecular flexibility index (Phi) is 9.38. The van der Waals surface area contributed by atoms with Crippen LogP contribution >= 0.6 is 27.5 Å². The number of piperidine rings is 1. The van der Waals surface area contributed by atoms with Crippen LogP contribution in [0.4, 0.5) is 11.5 Å². The molecule has 1 aromatic heterocycles. The minimum absolute atomic E-state index is 0.0564. The van der Waals surface area contributed by atoms with E-state index >= 15 is 0 Å². The molecule has 0 unspecified atom stereocenters. The smallest absolute Gasteiger partial charge is 0.335 e. The molecule has 4 rings (SSSR count). The summed E-state index contributed by atoms with van der Waals surface area (Å²) in [6.07, 6.45) is -6.93. The van der Waals surface area contributed by atoms with Gasteiger partial charge in [0.2, 0.25) is 12.2 Å². The fourth-order valence-electron chi connectivity index (χ4n) is 4.20. The predicted molar refractivity (Wildman–Crippen MR) is 141 cm³/mol. The quantitative estimate of drug-likeness (QED) is 0.230. The number of pyridine rings is 1. The number of nitrogens with zero attached hydrogens (tertiary/aromatic N) is 1. The van der Waals surface area contributed by atoms with E-state index in [1.807, 2.05) is 0 Å². The van der Waals surface area contributed by atoms with Gasteiger partial charge >= 0.3 is 5.97 Å². The Morgan fingerprint density at radius 2 is 1.79 bits per heavy atom. The van der Waals surface area contributed by atoms with Crippen molar-refractivity contribution in [3.8, 4) is 5.75 Å². The van der Waals surface area contributed by atoms with Crippen LogP contribution in [-0.4, -0.2) is 87.0 Å². The van der Waals surface area contributed by atoms with Gasteiger partial charge in [-0.1, -0.05) is 27.5 Å². The van der Waals surface area contributed by atoms with Crippen molar-refractivity contribution in [2.75, 3.05) is 23.7 Å². The van der Waals surface area contributed by atoms with E-state index in [0.717, 1.165) is 0 Å². The van der Waals surface area contributed by atoms with Crippen LogP contribution in [0.25, 0.3) is 0 Å². The molecule has 5 atom stereocenters. The van der Waals surface area contributed by atoms with Crippen LogP contribution in [0.1, 0.15) is 23.2 Å². The Balaban J connectivity index is 1.70. The van der Waals surface area contributed by atoms with Gasteiger partial charge in [-0.3, -0.25) is 9.59 Å². The Morgan fingerprint density at radius 1 is 1.08 bits per heavy atom. The van der Waals surface area contributed by atoms with Crippen molar-refractivity contribution < 1.29 is 44.3 Å². The monoisotopic (exact) mass is 628 g/mol. The van der Waals surface area contributed by atoms with Crippen molar-refractivity contribution in [1.82, 2.24) is 10.3 Å². The maximum Gasteiger partial charge on any atom is 0.335 e. The molecule has 2 saturated heterocycles. The molecule has 2 aliphatic heterocycles. The molecule has 2 amide bonds. The van der Waals surface area contributed by atoms with Gasteiger partial charge in [-0.15, -0.1) is 0 Å². The number of rotatable bonds is 7. The highest BCUT2D eigenvalue weighted by atomic mass is 79.9. The third-order valence-electron chi connectivity index (χ3n) is 6.29. The third-order valence-corrected chi connectivity index (χ3v) is 6.98. The first kappa shape index (κ1) is 29.1. The van der Waals surface area contributed by atoms with Crippen LogP contribution in [0.5, 0.6) is 5.75 Å². The van der Waals surface area contributed by atoms with E-state index in [-0.39, 0.29) is 34.6 Å². The number of aliphatic carboxylic acids is 1. The van der Waals surface area contributed by atoms with Gasteiger partial charge < -0.3 is 45.9 Å². The molecule has 0 spiro atoms. The van der Waals surface area contributed by atoms with Gasteiger partial charge in [0.25, 0.3) is 5.91 Å². The fraction of sp³-hybridized carbons (Fsp3) is 0.417. The lowest BCUT2D eigenvalue weighted by molar-refractivity contribution is -0.271. The number of carbonyl (C=O) groups is 3. The molecule has 2 aromatic rings. The van der Waals surface area contributed by atoms with E-state index in [1.165, 1.54) is 30.5 Å². The summed E-state index contributed by atoms with van der Waals surface area (Å²) in [6, 6.07) is 5.80. The zero-order valence-corrected chi connectivity index (χ0v) is 22.6. The number of aliphatic hydroxyl groups excluding tert-OH is 3. The van der Waals surface area contributed by atoms with Gasteiger partial charge in [-0.2, -0.15) is 0 Å². The molecule has 2 fully saturated rings. The number of anilines is 2. The van der Waals surface area contributed by atoms with E-state index in [9.17, 15) is 34.8 Å². The van der Waals surface area contributed by atoms with Gasteiger partial charge in [0.05, 0.1) is 16.3 Å². The first-order valence-corrected chi connectivity index (χ1v) is 13.1. The Labute approximate surface area is 235 Å². The number of hydrogen-bond donors (Lipinski definition) is 7. The Bertz CT molecular complexity index is 1230. The van der Waals surface area contributed by atoms with Crippen molar-refractivity contribution >= 4 is 56.8 Å². The number of carboxylic acid groups (broad SMARTS) is 1. The molecule has 39 heavy (non-hydrogen) atoms. The number of carbonyl (C=O) groups excluding carboxylic acids is 2. The minimum Gasteiger partial charge on any atom is -0.479 e. The lowest BCUT2D eigenvalue weighted by Crippen LogP contribution is -2.61. The molecule has 7 N–H and O–H groups in total. The normalized spacial score (nSPS) is 25.5. The average molecular weight is 630 g/mol. The number of nitrogens with one attached hydrogen (secondary N) is 3. The summed E-state index contributed by atoms with van der Waals surface area (Å²) in [5.41, 5.74) is -0.143. The molecule has 0 aliphatic carbocycles. The Morgan fingerprint density at radius 3 is 2.44 bits per heavy atom. The van der Waals surface area contributed by atoms with Gasteiger partial charge in [-0.05, 0) is 50.2 Å². The van der Waals surface area contributed by atoms with Crippen LogP contribution in [0.2, 0.25) is 5.02 Å². The second kappa shape index (κ2) is 12.6. The second-order valence-electron chi connectivity index (χ2n) is 9.01. The van der Waals surface area contributed by atoms with Gasteiger partial charge in [0, 0.05) is 16.6 Å². The number of hydrogen-bond acceptors (Lipinski definition) is 10. The number of ether oxygens (including phenoxy) is 2. The molecule has 2 aliphatic rings. The van der Waals surface area contributed by atoms with E-state index in [4.69, 9.17) is 21.1 Å². The van der Waals surface area contributed by atoms with E-state index in [2.05, 4.69) is 36.9 Å². The van der Waals surface area contributed by atoms with Crippen molar-refractivity contribution in [2.45, 2.75) is 43.5 Å². The molecule has 3 heterocycles. The lowest BCUT2D eigenvalue weighted by atomic mass is 9.97. The van der Waals surface area contributed by atoms with Crippen LogP contribution < -0.4 is 20.7 Å². The molecule has 0 radical (unpaired) electrons. The summed E-state index contributed by atoms with van der Waals surface area (Å²) in [4.78, 5) is 42.1. The van der Waals surface area contributed by atoms with Crippen molar-refractivity contribution in [2.24, 2.45) is 5.92 Å². The summed E-state index contributed by atoms with van der Waals surface area (Å²) >= 11 is 9.15. The third kappa shape index (κ3) is 6.84. The zero-order valence-electron chi connectivity index (χ0n) is 20.2. The number of amides is 2. The molecule has 0 saturated carbocycles. The van der Waals surface area contributed by atoms with Crippen molar-refractivity contribution in [1.29, 1.82) is 0 Å². The van der Waals surface area contributed by atoms with E-state index in [1.54, 1.807) is 0 Å². The SMILES string of the molecule is O=C(Nc1ccc(Cl)cn1)c1cc(Br)cc(O[C@@H]2O[C@H](C(=O)O)[C@@H](O)[C@H](O)[C@H]2O)c1NC(=O)C1CCNCC1. The average Bonchev–Trinajstić information content (AvgIpc) is 2.91. The maximum absolute atomic E-state index is 13.3. The summed E-state index contributed by atoms with van der Waals surface area (Å²) in [5, 5.41) is 48.9. The largest absolute Gasteiger partial charge is 0.479 e. The van der Waals surface area contributed by atoms with Crippen LogP contribution in [0.3, 0.4) is 0 Å². The second-order valence-corrected chi connectivity index (χ2v) is 10.4. The fourth-order valence-corrected chi connectivity index (χ4v) is 4.75. The van der Waals surface area contributed by atoms with Crippen LogP contribution in [-0.2, 0) is 14.3 Å². The molecule has 15 heteroatoms. The number of carboxylic acids is 1. The lowest BCUT2D eigenvalue weighted by Gasteiger charge is -2.38. The highest BCUT2D eigenvalue weighted by Gasteiger charge is 2.48. The number of halogens is 2. The minimum atomic E-state index is -1.92. The number of aliphatic hydroxyl groups is 3. The summed E-state index contributed by atoms with van der Waals surface area (Å²) in [5.74, 6) is -3.01. The van der Waals surface area contributed by atoms with E-state index in [0.29, 0.717) is 35.4 Å². The first-order chi connectivity index (χ1) is 18.5.